The van der Waals surface area contributed by atoms with Crippen molar-refractivity contribution in [2.75, 3.05) is 30.4 Å². The predicted molar refractivity (Wildman–Crippen MR) is 129 cm³/mol. The van der Waals surface area contributed by atoms with Gasteiger partial charge in [0.2, 0.25) is 0 Å². The van der Waals surface area contributed by atoms with Gasteiger partial charge in [0.25, 0.3) is 0 Å². The number of nitrogens with two attached hydrogens (primary N) is 1. The van der Waals surface area contributed by atoms with Gasteiger partial charge < -0.3 is 20.4 Å². The summed E-state index contributed by atoms with van der Waals surface area (Å²) < 4.78 is 0. The van der Waals surface area contributed by atoms with E-state index in [1.807, 2.05) is 13.1 Å². The maximum absolute atomic E-state index is 6.65. The Morgan fingerprint density at radius 3 is 2.19 bits per heavy atom. The van der Waals surface area contributed by atoms with Gasteiger partial charge in [-0.2, -0.15) is 0 Å². The van der Waals surface area contributed by atoms with E-state index in [2.05, 4.69) is 101 Å². The highest BCUT2D eigenvalue weighted by molar-refractivity contribution is 6.03. The Bertz CT molecular complexity index is 1160. The minimum absolute atomic E-state index is 0.136. The first-order valence-electron chi connectivity index (χ1n) is 10.6. The van der Waals surface area contributed by atoms with Crippen molar-refractivity contribution in [3.63, 3.8) is 0 Å². The summed E-state index contributed by atoms with van der Waals surface area (Å²) in [5.74, 6) is 0.710. The summed E-state index contributed by atoms with van der Waals surface area (Å²) in [6.45, 7) is 2.79. The molecule has 3 aromatic rings. The van der Waals surface area contributed by atoms with Gasteiger partial charge in [-0.25, -0.2) is 4.99 Å². The first kappa shape index (κ1) is 19.2. The van der Waals surface area contributed by atoms with E-state index in [4.69, 9.17) is 10.7 Å². The van der Waals surface area contributed by atoms with Crippen LogP contribution in [0.4, 0.5) is 17.1 Å². The Morgan fingerprint density at radius 2 is 1.48 bits per heavy atom. The SMILES string of the molecule is Cc1ccc(C2=NC(C3N(C)c4ccccc4N3c3ccccc3)=C(N)N(C)C2)cc1. The molecular formula is C26H27N5. The van der Waals surface area contributed by atoms with Gasteiger partial charge >= 0.3 is 0 Å². The Balaban J connectivity index is 1.66. The molecule has 0 saturated heterocycles. The molecule has 0 amide bonds. The molecule has 0 aromatic heterocycles. The van der Waals surface area contributed by atoms with Crippen LogP contribution in [-0.4, -0.2) is 37.4 Å². The van der Waals surface area contributed by atoms with Crippen LogP contribution in [0.1, 0.15) is 11.1 Å². The molecule has 2 N–H and O–H groups in total. The van der Waals surface area contributed by atoms with Crippen molar-refractivity contribution >= 4 is 22.8 Å². The molecule has 0 saturated carbocycles. The molecule has 0 fully saturated rings. The lowest BCUT2D eigenvalue weighted by Crippen LogP contribution is -2.45. The van der Waals surface area contributed by atoms with E-state index in [1.165, 1.54) is 5.56 Å². The summed E-state index contributed by atoms with van der Waals surface area (Å²) in [6.07, 6.45) is -0.136. The molecule has 156 valence electrons. The predicted octanol–water partition coefficient (Wildman–Crippen LogP) is 4.47. The number of fused-ring (bicyclic) bond motifs is 1. The lowest BCUT2D eigenvalue weighted by Gasteiger charge is -2.36. The zero-order valence-electron chi connectivity index (χ0n) is 18.2. The van der Waals surface area contributed by atoms with Gasteiger partial charge in [-0.05, 0) is 36.8 Å². The number of aryl methyl sites for hydroxylation is 1. The normalized spacial score (nSPS) is 18.4. The minimum Gasteiger partial charge on any atom is -0.384 e. The van der Waals surface area contributed by atoms with Gasteiger partial charge in [0.1, 0.15) is 11.5 Å². The first-order valence-corrected chi connectivity index (χ1v) is 10.6. The number of aliphatic imine (C=N–C) groups is 1. The van der Waals surface area contributed by atoms with Crippen LogP contribution < -0.4 is 15.5 Å². The number of para-hydroxylation sites is 3. The monoisotopic (exact) mass is 409 g/mol. The van der Waals surface area contributed by atoms with Crippen molar-refractivity contribution in [1.82, 2.24) is 4.90 Å². The minimum atomic E-state index is -0.136. The standard InChI is InChI=1S/C26H27N5/c1-18-13-15-19(16-14-18)21-17-29(2)25(27)24(28-21)26-30(3)22-11-7-8-12-23(22)31(26)20-9-5-4-6-10-20/h4-16,26H,17,27H2,1-3H3. The first-order chi connectivity index (χ1) is 15.0. The molecule has 2 aliphatic rings. The van der Waals surface area contributed by atoms with Crippen molar-refractivity contribution in [1.29, 1.82) is 0 Å². The molecule has 3 aromatic carbocycles. The topological polar surface area (TPSA) is 48.1 Å². The summed E-state index contributed by atoms with van der Waals surface area (Å²) in [5, 5.41) is 0. The Kier molecular flexibility index (Phi) is 4.66. The number of hydrogen-bond acceptors (Lipinski definition) is 5. The highest BCUT2D eigenvalue weighted by atomic mass is 15.4. The van der Waals surface area contributed by atoms with Crippen LogP contribution in [0, 0.1) is 6.92 Å². The maximum atomic E-state index is 6.65. The third-order valence-corrected chi connectivity index (χ3v) is 6.11. The lowest BCUT2D eigenvalue weighted by molar-refractivity contribution is 0.448. The summed E-state index contributed by atoms with van der Waals surface area (Å²) >= 11 is 0. The van der Waals surface area contributed by atoms with Gasteiger partial charge in [-0.15, -0.1) is 0 Å². The van der Waals surface area contributed by atoms with E-state index in [0.29, 0.717) is 12.4 Å². The van der Waals surface area contributed by atoms with Crippen molar-refractivity contribution in [2.24, 2.45) is 10.7 Å². The van der Waals surface area contributed by atoms with Crippen LogP contribution in [0.15, 0.2) is 95.4 Å². The summed E-state index contributed by atoms with van der Waals surface area (Å²) in [5.41, 5.74) is 14.4. The van der Waals surface area contributed by atoms with Crippen molar-refractivity contribution in [2.45, 2.75) is 13.1 Å². The van der Waals surface area contributed by atoms with Gasteiger partial charge in [0.05, 0.1) is 23.6 Å². The fraction of sp³-hybridized carbons (Fsp3) is 0.192. The molecule has 2 aliphatic heterocycles. The highest BCUT2D eigenvalue weighted by Gasteiger charge is 2.39. The zero-order valence-corrected chi connectivity index (χ0v) is 18.2. The molecule has 1 unspecified atom stereocenters. The van der Waals surface area contributed by atoms with Crippen molar-refractivity contribution < 1.29 is 0 Å². The van der Waals surface area contributed by atoms with Crippen molar-refractivity contribution in [3.05, 3.63) is 102 Å². The fourth-order valence-electron chi connectivity index (χ4n) is 4.41. The van der Waals surface area contributed by atoms with E-state index < -0.39 is 0 Å². The molecule has 0 radical (unpaired) electrons. The quantitative estimate of drug-likeness (QED) is 0.693. The molecule has 1 atom stereocenters. The number of likely N-dealkylation sites (N-methyl/N-ethyl adjacent to an activating group) is 2. The second kappa shape index (κ2) is 7.51. The number of rotatable bonds is 3. The Labute approximate surface area is 183 Å². The maximum Gasteiger partial charge on any atom is 0.153 e. The molecule has 0 aliphatic carbocycles. The number of anilines is 3. The zero-order chi connectivity index (χ0) is 21.5. The molecular weight excluding hydrogens is 382 g/mol. The van der Waals surface area contributed by atoms with Crippen LogP contribution >= 0.6 is 0 Å². The van der Waals surface area contributed by atoms with E-state index in [9.17, 15) is 0 Å². The number of nitrogens with zero attached hydrogens (tertiary/aromatic N) is 4. The Hall–Kier alpha value is -3.73. The molecule has 2 heterocycles. The number of benzene rings is 3. The van der Waals surface area contributed by atoms with E-state index >= 15 is 0 Å². The molecule has 0 bridgehead atoms. The van der Waals surface area contributed by atoms with Gasteiger partial charge in [0.15, 0.2) is 6.17 Å². The summed E-state index contributed by atoms with van der Waals surface area (Å²) in [4.78, 5) is 11.8. The van der Waals surface area contributed by atoms with Crippen molar-refractivity contribution in [3.8, 4) is 0 Å². The largest absolute Gasteiger partial charge is 0.384 e. The van der Waals surface area contributed by atoms with Crippen LogP contribution in [-0.2, 0) is 0 Å². The molecule has 0 spiro atoms. The van der Waals surface area contributed by atoms with Gasteiger partial charge in [-0.1, -0.05) is 60.2 Å². The highest BCUT2D eigenvalue weighted by Crippen LogP contribution is 2.46. The molecule has 5 nitrogen and oxygen atoms in total. The van der Waals surface area contributed by atoms with Crippen LogP contribution in [0.2, 0.25) is 0 Å². The van der Waals surface area contributed by atoms with Gasteiger partial charge in [0, 0.05) is 19.8 Å². The van der Waals surface area contributed by atoms with E-state index in [0.717, 1.165) is 34.0 Å². The number of hydrogen-bond donors (Lipinski definition) is 1. The molecule has 5 heteroatoms. The average molecular weight is 410 g/mol. The third-order valence-electron chi connectivity index (χ3n) is 6.11. The second-order valence-electron chi connectivity index (χ2n) is 8.23. The van der Waals surface area contributed by atoms with Crippen LogP contribution in [0.25, 0.3) is 0 Å². The molecule has 5 rings (SSSR count). The van der Waals surface area contributed by atoms with E-state index in [-0.39, 0.29) is 6.17 Å². The second-order valence-corrected chi connectivity index (χ2v) is 8.23. The summed E-state index contributed by atoms with van der Waals surface area (Å²) in [7, 11) is 4.15. The lowest BCUT2D eigenvalue weighted by atomic mass is 10.1. The summed E-state index contributed by atoms with van der Waals surface area (Å²) in [6, 6.07) is 27.5. The van der Waals surface area contributed by atoms with Crippen LogP contribution in [0.5, 0.6) is 0 Å². The van der Waals surface area contributed by atoms with Gasteiger partial charge in [-0.3, -0.25) is 0 Å². The van der Waals surface area contributed by atoms with E-state index in [1.54, 1.807) is 0 Å². The third kappa shape index (κ3) is 3.22. The fourth-order valence-corrected chi connectivity index (χ4v) is 4.41. The smallest absolute Gasteiger partial charge is 0.153 e. The Morgan fingerprint density at radius 1 is 0.839 bits per heavy atom. The van der Waals surface area contributed by atoms with Crippen LogP contribution in [0.3, 0.4) is 0 Å². The average Bonchev–Trinajstić information content (AvgIpc) is 3.09. The molecule has 31 heavy (non-hydrogen) atoms.